The largest absolute Gasteiger partial charge is 0.345 e. The van der Waals surface area contributed by atoms with Gasteiger partial charge in [0.05, 0.1) is 19.1 Å². The van der Waals surface area contributed by atoms with Gasteiger partial charge in [-0.15, -0.1) is 0 Å². The summed E-state index contributed by atoms with van der Waals surface area (Å²) in [5.74, 6) is -0.664. The molecule has 0 unspecified atom stereocenters. The van der Waals surface area contributed by atoms with E-state index in [0.717, 1.165) is 5.56 Å². The van der Waals surface area contributed by atoms with Crippen LogP contribution in [-0.2, 0) is 20.8 Å². The number of halogens is 1. The summed E-state index contributed by atoms with van der Waals surface area (Å²) in [6, 6.07) is 15.7. The predicted octanol–water partition coefficient (Wildman–Crippen LogP) is 2.53. The van der Waals surface area contributed by atoms with Crippen molar-refractivity contribution in [2.75, 3.05) is 25.5 Å². The van der Waals surface area contributed by atoms with E-state index in [0.29, 0.717) is 17.1 Å². The first-order valence-corrected chi connectivity index (χ1v) is 9.29. The second-order valence-corrected chi connectivity index (χ2v) is 7.08. The Kier molecular flexibility index (Phi) is 8.17. The third-order valence-corrected chi connectivity index (χ3v) is 4.32. The molecule has 0 spiro atoms. The fourth-order valence-corrected chi connectivity index (χ4v) is 2.79. The summed E-state index contributed by atoms with van der Waals surface area (Å²) >= 11 is 5.82. The molecule has 28 heavy (non-hydrogen) atoms. The van der Waals surface area contributed by atoms with Crippen LogP contribution < -0.4 is 10.6 Å². The highest BCUT2D eigenvalue weighted by molar-refractivity contribution is 6.30. The molecule has 0 heterocycles. The average molecular weight is 402 g/mol. The first-order valence-electron chi connectivity index (χ1n) is 8.91. The van der Waals surface area contributed by atoms with Crippen molar-refractivity contribution in [2.45, 2.75) is 19.4 Å². The molecule has 0 bridgehead atoms. The standard InChI is InChI=1S/C21H24ClN3O3/c1-15(26)19(12-16-6-4-3-5-7-16)24-21(28)14-25(2)13-20(27)23-18-10-8-17(22)9-11-18/h3-11,19H,12-14H2,1-2H3,(H,23,27)(H,24,28)/t19-/m1/s1. The van der Waals surface area contributed by atoms with E-state index in [1.54, 1.807) is 36.2 Å². The molecular formula is C21H24ClN3O3. The Balaban J connectivity index is 1.82. The van der Waals surface area contributed by atoms with Gasteiger partial charge in [-0.1, -0.05) is 41.9 Å². The van der Waals surface area contributed by atoms with Crippen molar-refractivity contribution in [1.82, 2.24) is 10.2 Å². The van der Waals surface area contributed by atoms with Crippen LogP contribution in [0.5, 0.6) is 0 Å². The molecule has 2 rings (SSSR count). The zero-order valence-electron chi connectivity index (χ0n) is 15.9. The van der Waals surface area contributed by atoms with Crippen molar-refractivity contribution in [3.8, 4) is 0 Å². The second kappa shape index (κ2) is 10.6. The average Bonchev–Trinajstić information content (AvgIpc) is 2.63. The summed E-state index contributed by atoms with van der Waals surface area (Å²) in [6.45, 7) is 1.50. The van der Waals surface area contributed by atoms with Gasteiger partial charge in [0.1, 0.15) is 0 Å². The van der Waals surface area contributed by atoms with Crippen LogP contribution in [0.25, 0.3) is 0 Å². The van der Waals surface area contributed by atoms with Crippen molar-refractivity contribution in [3.63, 3.8) is 0 Å². The molecule has 7 heteroatoms. The Morgan fingerprint density at radius 1 is 0.964 bits per heavy atom. The van der Waals surface area contributed by atoms with E-state index in [4.69, 9.17) is 11.6 Å². The van der Waals surface area contributed by atoms with Gasteiger partial charge in [-0.3, -0.25) is 19.3 Å². The van der Waals surface area contributed by atoms with Gasteiger partial charge < -0.3 is 10.6 Å². The minimum absolute atomic E-state index is 0.00656. The van der Waals surface area contributed by atoms with Crippen molar-refractivity contribution < 1.29 is 14.4 Å². The highest BCUT2D eigenvalue weighted by atomic mass is 35.5. The summed E-state index contributed by atoms with van der Waals surface area (Å²) in [6.07, 6.45) is 0.433. The fraction of sp³-hybridized carbons (Fsp3) is 0.286. The normalized spacial score (nSPS) is 11.7. The molecule has 2 amide bonds. The number of nitrogens with zero attached hydrogens (tertiary/aromatic N) is 1. The number of hydrogen-bond acceptors (Lipinski definition) is 4. The van der Waals surface area contributed by atoms with Crippen LogP contribution in [0.3, 0.4) is 0 Å². The number of Topliss-reactive ketones (excluding diaryl/α,β-unsaturated/α-hetero) is 1. The lowest BCUT2D eigenvalue weighted by Gasteiger charge is -2.20. The number of amides is 2. The lowest BCUT2D eigenvalue weighted by atomic mass is 10.0. The molecule has 0 aliphatic rings. The fourth-order valence-electron chi connectivity index (χ4n) is 2.67. The number of anilines is 1. The number of nitrogens with one attached hydrogen (secondary N) is 2. The van der Waals surface area contributed by atoms with Crippen LogP contribution >= 0.6 is 11.6 Å². The molecular weight excluding hydrogens is 378 g/mol. The summed E-state index contributed by atoms with van der Waals surface area (Å²) in [7, 11) is 1.67. The second-order valence-electron chi connectivity index (χ2n) is 6.65. The lowest BCUT2D eigenvalue weighted by molar-refractivity contribution is -0.128. The molecule has 0 saturated carbocycles. The number of likely N-dealkylation sites (N-methyl/N-ethyl adjacent to an activating group) is 1. The summed E-state index contributed by atoms with van der Waals surface area (Å²) in [4.78, 5) is 37.8. The lowest BCUT2D eigenvalue weighted by Crippen LogP contribution is -2.46. The van der Waals surface area contributed by atoms with Gasteiger partial charge in [0, 0.05) is 10.7 Å². The zero-order valence-corrected chi connectivity index (χ0v) is 16.7. The summed E-state index contributed by atoms with van der Waals surface area (Å²) in [5.41, 5.74) is 1.60. The molecule has 0 fully saturated rings. The van der Waals surface area contributed by atoms with Gasteiger partial charge in [0.25, 0.3) is 0 Å². The minimum Gasteiger partial charge on any atom is -0.345 e. The summed E-state index contributed by atoms with van der Waals surface area (Å²) < 4.78 is 0. The topological polar surface area (TPSA) is 78.5 Å². The van der Waals surface area contributed by atoms with E-state index in [1.807, 2.05) is 30.3 Å². The van der Waals surface area contributed by atoms with E-state index >= 15 is 0 Å². The molecule has 2 aromatic carbocycles. The monoisotopic (exact) mass is 401 g/mol. The number of benzene rings is 2. The highest BCUT2D eigenvalue weighted by Gasteiger charge is 2.19. The van der Waals surface area contributed by atoms with E-state index in [2.05, 4.69) is 10.6 Å². The first kappa shape index (κ1) is 21.6. The number of carbonyl (C=O) groups excluding carboxylic acids is 3. The molecule has 0 aliphatic heterocycles. The molecule has 2 N–H and O–H groups in total. The van der Waals surface area contributed by atoms with Crippen LogP contribution in [-0.4, -0.2) is 48.7 Å². The van der Waals surface area contributed by atoms with Gasteiger partial charge >= 0.3 is 0 Å². The number of hydrogen-bond donors (Lipinski definition) is 2. The quantitative estimate of drug-likeness (QED) is 0.676. The van der Waals surface area contributed by atoms with E-state index in [1.165, 1.54) is 6.92 Å². The predicted molar refractivity (Wildman–Crippen MR) is 110 cm³/mol. The van der Waals surface area contributed by atoms with Crippen LogP contribution in [0, 0.1) is 0 Å². The Hall–Kier alpha value is -2.70. The first-order chi connectivity index (χ1) is 13.3. The molecule has 2 aromatic rings. The van der Waals surface area contributed by atoms with Gasteiger partial charge in [0.15, 0.2) is 5.78 Å². The molecule has 1 atom stereocenters. The zero-order chi connectivity index (χ0) is 20.5. The van der Waals surface area contributed by atoms with Gasteiger partial charge in [0.2, 0.25) is 11.8 Å². The van der Waals surface area contributed by atoms with Crippen molar-refractivity contribution >= 4 is 34.9 Å². The Labute approximate surface area is 169 Å². The molecule has 0 aliphatic carbocycles. The molecule has 0 radical (unpaired) electrons. The number of rotatable bonds is 9. The van der Waals surface area contributed by atoms with E-state index < -0.39 is 6.04 Å². The van der Waals surface area contributed by atoms with Gasteiger partial charge in [-0.25, -0.2) is 0 Å². The smallest absolute Gasteiger partial charge is 0.238 e. The Bertz CT molecular complexity index is 809. The van der Waals surface area contributed by atoms with Crippen molar-refractivity contribution in [1.29, 1.82) is 0 Å². The van der Waals surface area contributed by atoms with Crippen LogP contribution in [0.1, 0.15) is 12.5 Å². The van der Waals surface area contributed by atoms with Gasteiger partial charge in [-0.05, 0) is 50.2 Å². The Morgan fingerprint density at radius 3 is 2.18 bits per heavy atom. The maximum Gasteiger partial charge on any atom is 0.238 e. The van der Waals surface area contributed by atoms with Gasteiger partial charge in [-0.2, -0.15) is 0 Å². The third kappa shape index (κ3) is 7.50. The molecule has 0 aromatic heterocycles. The maximum absolute atomic E-state index is 12.3. The SMILES string of the molecule is CC(=O)[C@@H](Cc1ccccc1)NC(=O)CN(C)CC(=O)Nc1ccc(Cl)cc1. The van der Waals surface area contributed by atoms with Crippen LogP contribution in [0.15, 0.2) is 54.6 Å². The van der Waals surface area contributed by atoms with E-state index in [9.17, 15) is 14.4 Å². The molecule has 148 valence electrons. The van der Waals surface area contributed by atoms with Crippen LogP contribution in [0.4, 0.5) is 5.69 Å². The molecule has 0 saturated heterocycles. The number of ketones is 1. The highest BCUT2D eigenvalue weighted by Crippen LogP contribution is 2.13. The number of carbonyl (C=O) groups is 3. The van der Waals surface area contributed by atoms with E-state index in [-0.39, 0.29) is 30.7 Å². The van der Waals surface area contributed by atoms with Crippen LogP contribution in [0.2, 0.25) is 5.02 Å². The summed E-state index contributed by atoms with van der Waals surface area (Å²) in [5, 5.41) is 6.07. The Morgan fingerprint density at radius 2 is 1.57 bits per heavy atom. The van der Waals surface area contributed by atoms with Crippen molar-refractivity contribution in [2.24, 2.45) is 0 Å². The minimum atomic E-state index is -0.591. The third-order valence-electron chi connectivity index (χ3n) is 4.06. The maximum atomic E-state index is 12.3. The molecule has 6 nitrogen and oxygen atoms in total. The van der Waals surface area contributed by atoms with Crippen molar-refractivity contribution in [3.05, 3.63) is 65.2 Å².